The van der Waals surface area contributed by atoms with Crippen molar-refractivity contribution in [2.45, 2.75) is 63.5 Å². The van der Waals surface area contributed by atoms with E-state index in [1.807, 2.05) is 0 Å². The molecule has 0 amide bonds. The Hall–Kier alpha value is -0.860. The molecule has 0 spiro atoms. The van der Waals surface area contributed by atoms with Crippen LogP contribution in [0.5, 0.6) is 0 Å². The Morgan fingerprint density at radius 2 is 1.81 bits per heavy atom. The third-order valence-corrected chi connectivity index (χ3v) is 5.86. The number of hydrogen-bond acceptors (Lipinski definition) is 2. The fourth-order valence-electron chi connectivity index (χ4n) is 4.68. The Labute approximate surface area is 129 Å². The average molecular weight is 286 g/mol. The van der Waals surface area contributed by atoms with Crippen molar-refractivity contribution >= 4 is 0 Å². The summed E-state index contributed by atoms with van der Waals surface area (Å²) in [5.41, 5.74) is 7.65. The maximum atomic E-state index is 6.21. The van der Waals surface area contributed by atoms with E-state index in [-0.39, 0.29) is 0 Å². The van der Waals surface area contributed by atoms with Crippen LogP contribution in [-0.4, -0.2) is 30.1 Å². The van der Waals surface area contributed by atoms with Gasteiger partial charge in [0.25, 0.3) is 0 Å². The van der Waals surface area contributed by atoms with Crippen LogP contribution < -0.4 is 5.73 Å². The van der Waals surface area contributed by atoms with Gasteiger partial charge in [0.2, 0.25) is 0 Å². The maximum absolute atomic E-state index is 6.21. The zero-order chi connectivity index (χ0) is 14.7. The van der Waals surface area contributed by atoms with E-state index in [0.29, 0.717) is 12.0 Å². The van der Waals surface area contributed by atoms with Gasteiger partial charge in [0.15, 0.2) is 0 Å². The van der Waals surface area contributed by atoms with Gasteiger partial charge in [-0.15, -0.1) is 0 Å². The first kappa shape index (κ1) is 15.1. The molecule has 3 atom stereocenters. The molecule has 2 N–H and O–H groups in total. The fourth-order valence-corrected chi connectivity index (χ4v) is 4.68. The summed E-state index contributed by atoms with van der Waals surface area (Å²) in [6.07, 6.45) is 8.52. The Morgan fingerprint density at radius 1 is 1.10 bits per heavy atom. The Kier molecular flexibility index (Phi) is 4.97. The standard InChI is InChI=1S/C19H30N2/c1-15(16-8-3-2-4-9-16)19(14-20)21-13-7-12-18(21)17-10-5-6-11-17/h2-4,8-9,15,17-19H,5-7,10-14,20H2,1H3. The fraction of sp³-hybridized carbons (Fsp3) is 0.684. The van der Waals surface area contributed by atoms with E-state index in [4.69, 9.17) is 5.73 Å². The highest BCUT2D eigenvalue weighted by Crippen LogP contribution is 2.38. The van der Waals surface area contributed by atoms with Crippen LogP contribution in [0.25, 0.3) is 0 Å². The molecular weight excluding hydrogens is 256 g/mol. The maximum Gasteiger partial charge on any atom is 0.0287 e. The molecule has 1 aromatic rings. The summed E-state index contributed by atoms with van der Waals surface area (Å²) in [5.74, 6) is 1.46. The predicted molar refractivity (Wildman–Crippen MR) is 89.4 cm³/mol. The molecule has 3 unspecified atom stereocenters. The lowest BCUT2D eigenvalue weighted by Crippen LogP contribution is -2.48. The highest BCUT2D eigenvalue weighted by molar-refractivity contribution is 5.21. The second-order valence-corrected chi connectivity index (χ2v) is 6.99. The summed E-state index contributed by atoms with van der Waals surface area (Å²) in [4.78, 5) is 2.77. The molecule has 3 rings (SSSR count). The highest BCUT2D eigenvalue weighted by Gasteiger charge is 2.38. The molecule has 1 heterocycles. The van der Waals surface area contributed by atoms with Gasteiger partial charge in [0.1, 0.15) is 0 Å². The predicted octanol–water partition coefficient (Wildman–Crippen LogP) is 3.77. The van der Waals surface area contributed by atoms with Crippen molar-refractivity contribution in [3.63, 3.8) is 0 Å². The second kappa shape index (κ2) is 6.93. The number of likely N-dealkylation sites (tertiary alicyclic amines) is 1. The van der Waals surface area contributed by atoms with Crippen molar-refractivity contribution in [1.29, 1.82) is 0 Å². The molecule has 116 valence electrons. The lowest BCUT2D eigenvalue weighted by atomic mass is 9.89. The van der Waals surface area contributed by atoms with Gasteiger partial charge in [-0.1, -0.05) is 50.1 Å². The average Bonchev–Trinajstić information content (AvgIpc) is 3.19. The van der Waals surface area contributed by atoms with Gasteiger partial charge in [-0.3, -0.25) is 4.90 Å². The topological polar surface area (TPSA) is 29.3 Å². The molecule has 1 aliphatic carbocycles. The Morgan fingerprint density at radius 3 is 2.48 bits per heavy atom. The molecule has 0 bridgehead atoms. The number of hydrogen-bond donors (Lipinski definition) is 1. The van der Waals surface area contributed by atoms with Gasteiger partial charge in [0, 0.05) is 18.6 Å². The van der Waals surface area contributed by atoms with E-state index in [1.54, 1.807) is 0 Å². The number of nitrogens with zero attached hydrogens (tertiary/aromatic N) is 1. The van der Waals surface area contributed by atoms with Crippen LogP contribution in [0.4, 0.5) is 0 Å². The van der Waals surface area contributed by atoms with Crippen LogP contribution in [0, 0.1) is 5.92 Å². The molecule has 21 heavy (non-hydrogen) atoms. The Balaban J connectivity index is 1.75. The van der Waals surface area contributed by atoms with Crippen LogP contribution in [0.3, 0.4) is 0 Å². The van der Waals surface area contributed by atoms with Gasteiger partial charge in [0.05, 0.1) is 0 Å². The smallest absolute Gasteiger partial charge is 0.0287 e. The molecule has 0 radical (unpaired) electrons. The van der Waals surface area contributed by atoms with Crippen LogP contribution >= 0.6 is 0 Å². The number of rotatable bonds is 5. The molecule has 2 fully saturated rings. The van der Waals surface area contributed by atoms with Gasteiger partial charge >= 0.3 is 0 Å². The molecule has 2 heteroatoms. The van der Waals surface area contributed by atoms with Gasteiger partial charge in [-0.25, -0.2) is 0 Å². The van der Waals surface area contributed by atoms with E-state index in [1.165, 1.54) is 50.6 Å². The minimum atomic E-state index is 0.500. The molecule has 0 aromatic heterocycles. The molecule has 1 aliphatic heterocycles. The molecule has 1 saturated heterocycles. The van der Waals surface area contributed by atoms with E-state index >= 15 is 0 Å². The molecule has 1 aromatic carbocycles. The largest absolute Gasteiger partial charge is 0.329 e. The SMILES string of the molecule is CC(c1ccccc1)C(CN)N1CCCC1C1CCCC1. The third-order valence-electron chi connectivity index (χ3n) is 5.86. The van der Waals surface area contributed by atoms with E-state index in [9.17, 15) is 0 Å². The van der Waals surface area contributed by atoms with Crippen molar-refractivity contribution in [3.8, 4) is 0 Å². The summed E-state index contributed by atoms with van der Waals surface area (Å²) in [7, 11) is 0. The normalized spacial score (nSPS) is 27.0. The first-order valence-electron chi connectivity index (χ1n) is 8.82. The van der Waals surface area contributed by atoms with Crippen molar-refractivity contribution in [2.75, 3.05) is 13.1 Å². The summed E-state index contributed by atoms with van der Waals surface area (Å²) >= 11 is 0. The monoisotopic (exact) mass is 286 g/mol. The van der Waals surface area contributed by atoms with Crippen molar-refractivity contribution in [3.05, 3.63) is 35.9 Å². The van der Waals surface area contributed by atoms with Gasteiger partial charge in [-0.05, 0) is 49.6 Å². The first-order chi connectivity index (χ1) is 10.3. The second-order valence-electron chi connectivity index (χ2n) is 6.99. The van der Waals surface area contributed by atoms with Crippen molar-refractivity contribution < 1.29 is 0 Å². The first-order valence-corrected chi connectivity index (χ1v) is 8.82. The third kappa shape index (κ3) is 3.17. The minimum absolute atomic E-state index is 0.500. The number of nitrogens with two attached hydrogens (primary N) is 1. The highest BCUT2D eigenvalue weighted by atomic mass is 15.2. The molecule has 2 nitrogen and oxygen atoms in total. The summed E-state index contributed by atoms with van der Waals surface area (Å²) in [6.45, 7) is 4.39. The summed E-state index contributed by atoms with van der Waals surface area (Å²) in [6, 6.07) is 12.2. The van der Waals surface area contributed by atoms with Gasteiger partial charge in [-0.2, -0.15) is 0 Å². The van der Waals surface area contributed by atoms with Crippen LogP contribution in [0.15, 0.2) is 30.3 Å². The zero-order valence-corrected chi connectivity index (χ0v) is 13.4. The molecule has 2 aliphatic rings. The van der Waals surface area contributed by atoms with Crippen molar-refractivity contribution in [2.24, 2.45) is 11.7 Å². The van der Waals surface area contributed by atoms with Crippen LogP contribution in [0.1, 0.15) is 56.9 Å². The van der Waals surface area contributed by atoms with Crippen molar-refractivity contribution in [1.82, 2.24) is 4.90 Å². The quantitative estimate of drug-likeness (QED) is 0.892. The number of benzene rings is 1. The lowest BCUT2D eigenvalue weighted by Gasteiger charge is -2.39. The zero-order valence-electron chi connectivity index (χ0n) is 13.4. The summed E-state index contributed by atoms with van der Waals surface area (Å²) in [5, 5.41) is 0. The van der Waals surface area contributed by atoms with Crippen LogP contribution in [-0.2, 0) is 0 Å². The van der Waals surface area contributed by atoms with E-state index in [2.05, 4.69) is 42.2 Å². The summed E-state index contributed by atoms with van der Waals surface area (Å²) < 4.78 is 0. The Bertz CT molecular complexity index is 424. The van der Waals surface area contributed by atoms with E-state index < -0.39 is 0 Å². The molecule has 1 saturated carbocycles. The van der Waals surface area contributed by atoms with Gasteiger partial charge < -0.3 is 5.73 Å². The molecular formula is C19H30N2. The lowest BCUT2D eigenvalue weighted by molar-refractivity contribution is 0.123. The van der Waals surface area contributed by atoms with Crippen LogP contribution in [0.2, 0.25) is 0 Å². The van der Waals surface area contributed by atoms with E-state index in [0.717, 1.165) is 18.5 Å². The minimum Gasteiger partial charge on any atom is -0.329 e.